The lowest BCUT2D eigenvalue weighted by Crippen LogP contribution is -2.35. The van der Waals surface area contributed by atoms with E-state index in [1.165, 1.54) is 6.07 Å². The van der Waals surface area contributed by atoms with Crippen molar-refractivity contribution in [3.8, 4) is 0 Å². The van der Waals surface area contributed by atoms with Crippen LogP contribution in [0.4, 0.5) is 4.39 Å². The molecular weight excluding hydrogens is 361 g/mol. The van der Waals surface area contributed by atoms with E-state index < -0.39 is 0 Å². The maximum atomic E-state index is 13.8. The fourth-order valence-electron chi connectivity index (χ4n) is 3.35. The summed E-state index contributed by atoms with van der Waals surface area (Å²) in [4.78, 5) is 25.2. The number of rotatable bonds is 5. The lowest BCUT2D eigenvalue weighted by Gasteiger charge is -2.15. The molecular formula is C20H22FN5O2. The number of aromatic nitrogens is 4. The molecule has 28 heavy (non-hydrogen) atoms. The number of benzene rings is 1. The normalized spacial score (nSPS) is 15.0. The highest BCUT2D eigenvalue weighted by Gasteiger charge is 2.28. The minimum absolute atomic E-state index is 0.207. The molecule has 1 fully saturated rings. The highest BCUT2D eigenvalue weighted by molar-refractivity contribution is 5.81. The van der Waals surface area contributed by atoms with Gasteiger partial charge in [0.2, 0.25) is 5.91 Å². The third-order valence-corrected chi connectivity index (χ3v) is 5.15. The average Bonchev–Trinajstić information content (AvgIpc) is 3.43. The van der Waals surface area contributed by atoms with Gasteiger partial charge in [-0.15, -0.1) is 0 Å². The largest absolute Gasteiger partial charge is 0.348 e. The van der Waals surface area contributed by atoms with Crippen LogP contribution < -0.4 is 10.9 Å². The molecule has 1 aliphatic carbocycles. The van der Waals surface area contributed by atoms with Gasteiger partial charge in [-0.25, -0.2) is 9.07 Å². The molecule has 0 bridgehead atoms. The molecule has 0 radical (unpaired) electrons. The van der Waals surface area contributed by atoms with Crippen molar-refractivity contribution in [2.45, 2.75) is 52.2 Å². The molecule has 3 aromatic rings. The second kappa shape index (κ2) is 6.85. The quantitative estimate of drug-likeness (QED) is 0.734. The molecule has 1 amide bonds. The number of carbonyl (C=O) groups excluding carboxylic acids is 1. The van der Waals surface area contributed by atoms with E-state index in [-0.39, 0.29) is 29.9 Å². The summed E-state index contributed by atoms with van der Waals surface area (Å²) in [6.07, 6.45) is 3.71. The van der Waals surface area contributed by atoms with Crippen LogP contribution >= 0.6 is 0 Å². The molecule has 1 aromatic carbocycles. The molecule has 0 saturated heterocycles. The van der Waals surface area contributed by atoms with Crippen LogP contribution in [0.2, 0.25) is 0 Å². The first kappa shape index (κ1) is 18.3. The summed E-state index contributed by atoms with van der Waals surface area (Å²) in [5.74, 6) is -0.681. The van der Waals surface area contributed by atoms with Crippen LogP contribution in [0.1, 0.15) is 48.7 Å². The Morgan fingerprint density at radius 1 is 1.36 bits per heavy atom. The smallest absolute Gasteiger partial charge is 0.278 e. The topological polar surface area (TPSA) is 81.8 Å². The number of halogens is 1. The van der Waals surface area contributed by atoms with Gasteiger partial charge in [-0.2, -0.15) is 10.2 Å². The summed E-state index contributed by atoms with van der Waals surface area (Å²) in [5.41, 5.74) is 2.24. The maximum absolute atomic E-state index is 13.8. The third-order valence-electron chi connectivity index (χ3n) is 5.15. The molecule has 1 N–H and O–H groups in total. The zero-order valence-electron chi connectivity index (χ0n) is 16.1. The number of aryl methyl sites for hydroxylation is 2. The van der Waals surface area contributed by atoms with E-state index in [1.54, 1.807) is 39.1 Å². The molecule has 0 unspecified atom stereocenters. The van der Waals surface area contributed by atoms with Gasteiger partial charge >= 0.3 is 0 Å². The molecule has 8 heteroatoms. The Morgan fingerprint density at radius 2 is 2.11 bits per heavy atom. The van der Waals surface area contributed by atoms with Crippen molar-refractivity contribution in [2.24, 2.45) is 0 Å². The lowest BCUT2D eigenvalue weighted by molar-refractivity contribution is -0.122. The molecule has 7 nitrogen and oxygen atoms in total. The number of amides is 1. The van der Waals surface area contributed by atoms with Crippen LogP contribution in [0.25, 0.3) is 10.9 Å². The van der Waals surface area contributed by atoms with Crippen LogP contribution in [0.15, 0.2) is 29.2 Å². The van der Waals surface area contributed by atoms with E-state index in [2.05, 4.69) is 15.5 Å². The van der Waals surface area contributed by atoms with E-state index in [0.29, 0.717) is 33.8 Å². The highest BCUT2D eigenvalue weighted by Crippen LogP contribution is 2.36. The SMILES string of the molecule is Cc1ccc([C@H](C)NC(=O)Cn2ncc3c(c(C)nn3C3CC3)c2=O)cc1F. The van der Waals surface area contributed by atoms with Crippen LogP contribution in [-0.2, 0) is 11.3 Å². The van der Waals surface area contributed by atoms with E-state index in [4.69, 9.17) is 0 Å². The van der Waals surface area contributed by atoms with Crippen molar-refractivity contribution in [1.29, 1.82) is 0 Å². The van der Waals surface area contributed by atoms with Gasteiger partial charge in [0, 0.05) is 0 Å². The third kappa shape index (κ3) is 3.30. The van der Waals surface area contributed by atoms with Gasteiger partial charge in [0.15, 0.2) is 0 Å². The Kier molecular flexibility index (Phi) is 4.49. The minimum Gasteiger partial charge on any atom is -0.348 e. The first-order chi connectivity index (χ1) is 13.3. The van der Waals surface area contributed by atoms with Crippen LogP contribution in [0.5, 0.6) is 0 Å². The Morgan fingerprint density at radius 3 is 2.79 bits per heavy atom. The van der Waals surface area contributed by atoms with Gasteiger partial charge in [-0.1, -0.05) is 12.1 Å². The summed E-state index contributed by atoms with van der Waals surface area (Å²) in [6, 6.07) is 4.81. The van der Waals surface area contributed by atoms with Crippen LogP contribution in [-0.4, -0.2) is 25.5 Å². The minimum atomic E-state index is -0.388. The van der Waals surface area contributed by atoms with E-state index in [9.17, 15) is 14.0 Å². The number of hydrogen-bond acceptors (Lipinski definition) is 4. The first-order valence-electron chi connectivity index (χ1n) is 9.35. The van der Waals surface area contributed by atoms with Crippen molar-refractivity contribution in [3.05, 3.63) is 57.4 Å². The van der Waals surface area contributed by atoms with E-state index >= 15 is 0 Å². The van der Waals surface area contributed by atoms with E-state index in [1.807, 2.05) is 4.68 Å². The number of hydrogen-bond donors (Lipinski definition) is 1. The van der Waals surface area contributed by atoms with Gasteiger partial charge in [-0.3, -0.25) is 14.3 Å². The Hall–Kier alpha value is -3.03. The van der Waals surface area contributed by atoms with Gasteiger partial charge < -0.3 is 5.32 Å². The average molecular weight is 383 g/mol. The fourth-order valence-corrected chi connectivity index (χ4v) is 3.35. The molecule has 1 atom stereocenters. The standard InChI is InChI=1S/C20H22FN5O2/c1-11-4-5-14(8-16(11)21)12(2)23-18(27)10-25-20(28)19-13(3)24-26(15-6-7-15)17(19)9-22-25/h4-5,8-9,12,15H,6-7,10H2,1-3H3,(H,23,27)/t12-/m0/s1. The first-order valence-corrected chi connectivity index (χ1v) is 9.35. The summed E-state index contributed by atoms with van der Waals surface area (Å²) in [5, 5.41) is 11.9. The molecule has 1 aliphatic rings. The summed E-state index contributed by atoms with van der Waals surface area (Å²) >= 11 is 0. The van der Waals surface area contributed by atoms with Gasteiger partial charge in [0.25, 0.3) is 5.56 Å². The van der Waals surface area contributed by atoms with Crippen molar-refractivity contribution in [1.82, 2.24) is 24.9 Å². The van der Waals surface area contributed by atoms with Crippen LogP contribution in [0, 0.1) is 19.7 Å². The number of nitrogens with one attached hydrogen (secondary N) is 1. The molecule has 4 rings (SSSR count). The van der Waals surface area contributed by atoms with Gasteiger partial charge in [-0.05, 0) is 50.8 Å². The summed E-state index contributed by atoms with van der Waals surface area (Å²) in [7, 11) is 0. The predicted octanol–water partition coefficient (Wildman–Crippen LogP) is 2.56. The van der Waals surface area contributed by atoms with Crippen molar-refractivity contribution >= 4 is 16.8 Å². The Balaban J connectivity index is 1.53. The Labute approximate surface area is 161 Å². The number of nitrogens with zero attached hydrogens (tertiary/aromatic N) is 4. The van der Waals surface area contributed by atoms with Crippen molar-refractivity contribution in [3.63, 3.8) is 0 Å². The predicted molar refractivity (Wildman–Crippen MR) is 102 cm³/mol. The zero-order valence-corrected chi connectivity index (χ0v) is 16.1. The van der Waals surface area contributed by atoms with Crippen molar-refractivity contribution < 1.29 is 9.18 Å². The molecule has 146 valence electrons. The van der Waals surface area contributed by atoms with Gasteiger partial charge in [0.1, 0.15) is 12.4 Å². The van der Waals surface area contributed by atoms with Gasteiger partial charge in [0.05, 0.1) is 34.9 Å². The van der Waals surface area contributed by atoms with Crippen LogP contribution in [0.3, 0.4) is 0 Å². The maximum Gasteiger partial charge on any atom is 0.278 e. The van der Waals surface area contributed by atoms with Crippen molar-refractivity contribution in [2.75, 3.05) is 0 Å². The summed E-state index contributed by atoms with van der Waals surface area (Å²) in [6.45, 7) is 5.04. The molecule has 0 aliphatic heterocycles. The number of carbonyl (C=O) groups is 1. The Bertz CT molecular complexity index is 1130. The fraction of sp³-hybridized carbons (Fsp3) is 0.400. The molecule has 0 spiro atoms. The zero-order chi connectivity index (χ0) is 20.0. The molecule has 2 heterocycles. The second-order valence-electron chi connectivity index (χ2n) is 7.43. The highest BCUT2D eigenvalue weighted by atomic mass is 19.1. The monoisotopic (exact) mass is 383 g/mol. The molecule has 1 saturated carbocycles. The molecule has 2 aromatic heterocycles. The second-order valence-corrected chi connectivity index (χ2v) is 7.43. The summed E-state index contributed by atoms with van der Waals surface area (Å²) < 4.78 is 16.8. The lowest BCUT2D eigenvalue weighted by atomic mass is 10.1. The van der Waals surface area contributed by atoms with E-state index in [0.717, 1.165) is 17.5 Å². The number of fused-ring (bicyclic) bond motifs is 1.